The Morgan fingerprint density at radius 1 is 1.56 bits per heavy atom. The highest BCUT2D eigenvalue weighted by molar-refractivity contribution is 5.75. The summed E-state index contributed by atoms with van der Waals surface area (Å²) in [5, 5.41) is 2.56. The molecule has 1 N–H and O–H groups in total. The van der Waals surface area contributed by atoms with Crippen molar-refractivity contribution in [2.45, 2.75) is 25.7 Å². The summed E-state index contributed by atoms with van der Waals surface area (Å²) in [7, 11) is 1.66. The summed E-state index contributed by atoms with van der Waals surface area (Å²) < 4.78 is 0. The highest BCUT2D eigenvalue weighted by atomic mass is 16.1. The summed E-state index contributed by atoms with van der Waals surface area (Å²) in [5.41, 5.74) is 0. The van der Waals surface area contributed by atoms with Crippen molar-refractivity contribution in [1.82, 2.24) is 5.32 Å². The monoisotopic (exact) mass is 128 g/mol. The van der Waals surface area contributed by atoms with Crippen LogP contribution in [0.2, 0.25) is 0 Å². The van der Waals surface area contributed by atoms with Gasteiger partial charge in [-0.3, -0.25) is 4.79 Å². The molecule has 0 unspecified atom stereocenters. The number of rotatable bonds is 4. The largest absolute Gasteiger partial charge is 0.359 e. The molecule has 0 aliphatic rings. The van der Waals surface area contributed by atoms with Gasteiger partial charge in [-0.1, -0.05) is 19.8 Å². The van der Waals surface area contributed by atoms with Gasteiger partial charge in [-0.05, 0) is 6.42 Å². The van der Waals surface area contributed by atoms with Gasteiger partial charge in [-0.25, -0.2) is 0 Å². The first-order chi connectivity index (χ1) is 4.31. The fourth-order valence-electron chi connectivity index (χ4n) is 0.587. The molecule has 0 spiro atoms. The summed E-state index contributed by atoms with van der Waals surface area (Å²) in [5.74, 6) is 0.128. The van der Waals surface area contributed by atoms with Gasteiger partial charge in [0.25, 0.3) is 0 Å². The molecule has 9 heavy (non-hydrogen) atoms. The Morgan fingerprint density at radius 3 is 2.67 bits per heavy atom. The molecule has 1 radical (unpaired) electrons. The van der Waals surface area contributed by atoms with E-state index < -0.39 is 0 Å². The Bertz CT molecular complexity index is 81.0. The zero-order valence-electron chi connectivity index (χ0n) is 5.94. The molecule has 53 valence electrons. The molecule has 0 saturated heterocycles. The van der Waals surface area contributed by atoms with Crippen molar-refractivity contribution >= 4 is 5.91 Å². The van der Waals surface area contributed by atoms with E-state index in [0.717, 1.165) is 19.3 Å². The van der Waals surface area contributed by atoms with Gasteiger partial charge in [0.05, 0.1) is 0 Å². The lowest BCUT2D eigenvalue weighted by Crippen LogP contribution is -2.16. The highest BCUT2D eigenvalue weighted by Gasteiger charge is 1.94. The van der Waals surface area contributed by atoms with Crippen molar-refractivity contribution in [2.75, 3.05) is 7.05 Å². The highest BCUT2D eigenvalue weighted by Crippen LogP contribution is 1.96. The van der Waals surface area contributed by atoms with Crippen LogP contribution < -0.4 is 5.32 Å². The van der Waals surface area contributed by atoms with Crippen LogP contribution in [-0.4, -0.2) is 13.0 Å². The van der Waals surface area contributed by atoms with Gasteiger partial charge < -0.3 is 5.32 Å². The minimum atomic E-state index is 0.128. The molecule has 2 heteroatoms. The van der Waals surface area contributed by atoms with Crippen LogP contribution in [0.5, 0.6) is 0 Å². The van der Waals surface area contributed by atoms with Crippen molar-refractivity contribution in [3.05, 3.63) is 6.92 Å². The second-order valence-electron chi connectivity index (χ2n) is 1.98. The number of amides is 1. The van der Waals surface area contributed by atoms with Crippen LogP contribution in [0.15, 0.2) is 0 Å². The summed E-state index contributed by atoms with van der Waals surface area (Å²) in [6.07, 6.45) is 3.58. The van der Waals surface area contributed by atoms with Gasteiger partial charge in [0.2, 0.25) is 5.91 Å². The zero-order valence-corrected chi connectivity index (χ0v) is 5.94. The maximum absolute atomic E-state index is 10.6. The van der Waals surface area contributed by atoms with Crippen LogP contribution in [-0.2, 0) is 4.79 Å². The van der Waals surface area contributed by atoms with E-state index >= 15 is 0 Å². The Kier molecular flexibility index (Phi) is 5.27. The summed E-state index contributed by atoms with van der Waals surface area (Å²) in [4.78, 5) is 10.6. The Hall–Kier alpha value is -0.530. The second kappa shape index (κ2) is 5.60. The van der Waals surface area contributed by atoms with Crippen LogP contribution in [0.3, 0.4) is 0 Å². The average molecular weight is 128 g/mol. The van der Waals surface area contributed by atoms with Crippen molar-refractivity contribution < 1.29 is 4.79 Å². The van der Waals surface area contributed by atoms with Gasteiger partial charge in [0.15, 0.2) is 0 Å². The fourth-order valence-corrected chi connectivity index (χ4v) is 0.587. The van der Waals surface area contributed by atoms with Gasteiger partial charge in [-0.15, -0.1) is 0 Å². The molecule has 0 bridgehead atoms. The third-order valence-electron chi connectivity index (χ3n) is 1.18. The van der Waals surface area contributed by atoms with E-state index in [4.69, 9.17) is 0 Å². The van der Waals surface area contributed by atoms with E-state index in [1.807, 2.05) is 0 Å². The van der Waals surface area contributed by atoms with Crippen LogP contribution in [0.1, 0.15) is 25.7 Å². The third kappa shape index (κ3) is 5.34. The molecule has 0 aliphatic heterocycles. The van der Waals surface area contributed by atoms with Crippen molar-refractivity contribution in [3.63, 3.8) is 0 Å². The first kappa shape index (κ1) is 8.47. The number of unbranched alkanes of at least 4 members (excludes halogenated alkanes) is 2. The smallest absolute Gasteiger partial charge is 0.219 e. The minimum Gasteiger partial charge on any atom is -0.359 e. The maximum atomic E-state index is 10.6. The van der Waals surface area contributed by atoms with E-state index in [1.54, 1.807) is 7.05 Å². The molecule has 0 heterocycles. The summed E-state index contributed by atoms with van der Waals surface area (Å²) in [6.45, 7) is 3.68. The third-order valence-corrected chi connectivity index (χ3v) is 1.18. The zero-order chi connectivity index (χ0) is 7.11. The van der Waals surface area contributed by atoms with Gasteiger partial charge in [-0.2, -0.15) is 0 Å². The Morgan fingerprint density at radius 2 is 2.22 bits per heavy atom. The first-order valence-corrected chi connectivity index (χ1v) is 3.31. The van der Waals surface area contributed by atoms with Gasteiger partial charge in [0, 0.05) is 13.5 Å². The molecule has 0 aromatic heterocycles. The molecule has 0 saturated carbocycles. The van der Waals surface area contributed by atoms with Crippen LogP contribution in [0.4, 0.5) is 0 Å². The molecular weight excluding hydrogens is 114 g/mol. The van der Waals surface area contributed by atoms with Crippen LogP contribution in [0, 0.1) is 6.92 Å². The predicted molar refractivity (Wildman–Crippen MR) is 37.9 cm³/mol. The first-order valence-electron chi connectivity index (χ1n) is 3.31. The number of nitrogens with one attached hydrogen (secondary N) is 1. The minimum absolute atomic E-state index is 0.128. The van der Waals surface area contributed by atoms with Crippen molar-refractivity contribution in [2.24, 2.45) is 0 Å². The van der Waals surface area contributed by atoms with Gasteiger partial charge >= 0.3 is 0 Å². The number of hydrogen-bond acceptors (Lipinski definition) is 1. The SMILES string of the molecule is [CH2]CCCCC(=O)NC. The van der Waals surface area contributed by atoms with E-state index in [0.29, 0.717) is 6.42 Å². The maximum Gasteiger partial charge on any atom is 0.219 e. The van der Waals surface area contributed by atoms with Crippen LogP contribution >= 0.6 is 0 Å². The molecule has 1 amide bonds. The van der Waals surface area contributed by atoms with Crippen molar-refractivity contribution in [1.29, 1.82) is 0 Å². The lowest BCUT2D eigenvalue weighted by molar-refractivity contribution is -0.120. The second-order valence-corrected chi connectivity index (χ2v) is 1.98. The van der Waals surface area contributed by atoms with E-state index in [1.165, 1.54) is 0 Å². The molecule has 0 aromatic rings. The summed E-state index contributed by atoms with van der Waals surface area (Å²) >= 11 is 0. The fraction of sp³-hybridized carbons (Fsp3) is 0.714. The molecule has 0 atom stereocenters. The molecule has 2 nitrogen and oxygen atoms in total. The average Bonchev–Trinajstić information content (AvgIpc) is 1.89. The van der Waals surface area contributed by atoms with Crippen molar-refractivity contribution in [3.8, 4) is 0 Å². The number of carbonyl (C=O) groups is 1. The van der Waals surface area contributed by atoms with E-state index in [2.05, 4.69) is 12.2 Å². The Labute approximate surface area is 56.6 Å². The molecular formula is C7H14NO. The summed E-state index contributed by atoms with van der Waals surface area (Å²) in [6, 6.07) is 0. The molecule has 0 fully saturated rings. The molecule has 0 aliphatic carbocycles. The topological polar surface area (TPSA) is 29.1 Å². The van der Waals surface area contributed by atoms with Crippen LogP contribution in [0.25, 0.3) is 0 Å². The number of hydrogen-bond donors (Lipinski definition) is 1. The normalized spacial score (nSPS) is 9.11. The molecule has 0 aromatic carbocycles. The quantitative estimate of drug-likeness (QED) is 0.565. The lowest BCUT2D eigenvalue weighted by Gasteiger charge is -1.96. The standard InChI is InChI=1S/C7H14NO/c1-3-4-5-6-7(9)8-2/h1,3-6H2,2H3,(H,8,9). The van der Waals surface area contributed by atoms with E-state index in [-0.39, 0.29) is 5.91 Å². The number of carbonyl (C=O) groups excluding carboxylic acids is 1. The molecule has 0 rings (SSSR count). The lowest BCUT2D eigenvalue weighted by atomic mass is 10.2. The van der Waals surface area contributed by atoms with Gasteiger partial charge in [0.1, 0.15) is 0 Å². The Balaban J connectivity index is 2.97. The van der Waals surface area contributed by atoms with E-state index in [9.17, 15) is 4.79 Å². The predicted octanol–water partition coefficient (Wildman–Crippen LogP) is 1.13.